The van der Waals surface area contributed by atoms with Gasteiger partial charge in [0.15, 0.2) is 0 Å². The molecule has 216 valence electrons. The molecule has 1 aliphatic carbocycles. The van der Waals surface area contributed by atoms with Gasteiger partial charge in [-0.2, -0.15) is 13.2 Å². The highest BCUT2D eigenvalue weighted by molar-refractivity contribution is 6.38. The number of nitrogens with zero attached hydrogens (tertiary/aromatic N) is 1. The average molecular weight is 557 g/mol. The molecule has 38 heavy (non-hydrogen) atoms. The fourth-order valence-electron chi connectivity index (χ4n) is 4.08. The van der Waals surface area contributed by atoms with Crippen molar-refractivity contribution in [2.75, 3.05) is 6.54 Å². The number of alkyl halides is 5. The summed E-state index contributed by atoms with van der Waals surface area (Å²) >= 11 is 0. The van der Waals surface area contributed by atoms with E-state index in [2.05, 4.69) is 10.6 Å². The Kier molecular flexibility index (Phi) is 9.36. The number of rotatable bonds is 10. The Balaban J connectivity index is 2.33. The van der Waals surface area contributed by atoms with Crippen LogP contribution in [0.25, 0.3) is 0 Å². The van der Waals surface area contributed by atoms with Gasteiger partial charge in [-0.15, -0.1) is 0 Å². The zero-order valence-corrected chi connectivity index (χ0v) is 21.5. The van der Waals surface area contributed by atoms with Crippen LogP contribution in [0.2, 0.25) is 0 Å². The lowest BCUT2D eigenvalue weighted by molar-refractivity contribution is -0.171. The highest BCUT2D eigenvalue weighted by Gasteiger charge is 2.53. The molecule has 1 saturated carbocycles. The van der Waals surface area contributed by atoms with Crippen molar-refractivity contribution in [1.29, 1.82) is 0 Å². The minimum atomic E-state index is -4.81. The molecule has 4 amide bonds. The summed E-state index contributed by atoms with van der Waals surface area (Å²) in [5, 5.41) is 15.6. The van der Waals surface area contributed by atoms with Crippen LogP contribution in [0.1, 0.15) is 59.8 Å². The third-order valence-corrected chi connectivity index (χ3v) is 6.37. The third-order valence-electron chi connectivity index (χ3n) is 6.37. The van der Waals surface area contributed by atoms with E-state index >= 15 is 0 Å². The van der Waals surface area contributed by atoms with Crippen LogP contribution in [0.4, 0.5) is 26.7 Å². The van der Waals surface area contributed by atoms with Gasteiger partial charge in [0.05, 0.1) is 12.0 Å². The molecule has 2 fully saturated rings. The molecular weight excluding hydrogens is 523 g/mol. The van der Waals surface area contributed by atoms with E-state index in [9.17, 15) is 45.9 Å². The Morgan fingerprint density at radius 3 is 2.00 bits per heavy atom. The maximum absolute atomic E-state index is 13.6. The van der Waals surface area contributed by atoms with E-state index < -0.39 is 97.0 Å². The average Bonchev–Trinajstić information content (AvgIpc) is 3.43. The van der Waals surface area contributed by atoms with Gasteiger partial charge >= 0.3 is 12.3 Å². The van der Waals surface area contributed by atoms with E-state index in [-0.39, 0.29) is 6.04 Å². The standard InChI is InChI=1S/C23H33F5N4O6/c1-21(2,3)16(31-20(37)38)19(36)32-10-11(23(26,27)28)9-14(32)17(34)30-13(7-8-22(4,24)25)15(33)18(35)29-12-5-6-12/h11-14,16,31H,5-10H2,1-4H3,(H,29,35)(H,30,34)(H,37,38)/t11-,13+,14+,16-/m1/s1. The van der Waals surface area contributed by atoms with Gasteiger partial charge in [-0.1, -0.05) is 20.8 Å². The zero-order valence-electron chi connectivity index (χ0n) is 21.5. The van der Waals surface area contributed by atoms with E-state index in [0.717, 1.165) is 0 Å². The van der Waals surface area contributed by atoms with E-state index in [0.29, 0.717) is 24.7 Å². The lowest BCUT2D eigenvalue weighted by Crippen LogP contribution is -2.59. The second kappa shape index (κ2) is 11.4. The van der Waals surface area contributed by atoms with Crippen LogP contribution >= 0.6 is 0 Å². The molecule has 4 N–H and O–H groups in total. The van der Waals surface area contributed by atoms with Crippen LogP contribution in [0.3, 0.4) is 0 Å². The predicted molar refractivity (Wildman–Crippen MR) is 122 cm³/mol. The van der Waals surface area contributed by atoms with Crippen molar-refractivity contribution in [2.45, 2.75) is 96.1 Å². The topological polar surface area (TPSA) is 145 Å². The van der Waals surface area contributed by atoms with Crippen molar-refractivity contribution in [1.82, 2.24) is 20.9 Å². The van der Waals surface area contributed by atoms with Crippen molar-refractivity contribution in [3.05, 3.63) is 0 Å². The SMILES string of the molecule is CC(F)(F)CC[C@H](NC(=O)[C@@H]1C[C@@H](C(F)(F)F)CN1C(=O)[C@@H](NC(=O)O)C(C)(C)C)C(=O)C(=O)NC1CC1. The zero-order chi connectivity index (χ0) is 29.2. The number of Topliss-reactive ketones (excluding diaryl/α,β-unsaturated/α-hetero) is 1. The summed E-state index contributed by atoms with van der Waals surface area (Å²) in [5.74, 6) is -10.1. The third kappa shape index (κ3) is 8.79. The molecule has 4 atom stereocenters. The number of amides is 4. The molecule has 2 rings (SSSR count). The lowest BCUT2D eigenvalue weighted by Gasteiger charge is -2.35. The maximum Gasteiger partial charge on any atom is 0.405 e. The van der Waals surface area contributed by atoms with Gasteiger partial charge in [0.2, 0.25) is 23.5 Å². The van der Waals surface area contributed by atoms with E-state index in [4.69, 9.17) is 5.11 Å². The number of hydrogen-bond donors (Lipinski definition) is 4. The molecule has 10 nitrogen and oxygen atoms in total. The summed E-state index contributed by atoms with van der Waals surface area (Å²) < 4.78 is 67.8. The Hall–Kier alpha value is -3.00. The molecule has 0 spiro atoms. The minimum absolute atomic E-state index is 0.262. The largest absolute Gasteiger partial charge is 0.465 e. The van der Waals surface area contributed by atoms with Gasteiger partial charge in [0, 0.05) is 19.0 Å². The Bertz CT molecular complexity index is 942. The number of likely N-dealkylation sites (tertiary alicyclic amines) is 1. The Morgan fingerprint density at radius 2 is 1.55 bits per heavy atom. The van der Waals surface area contributed by atoms with Crippen molar-refractivity contribution < 1.29 is 51.0 Å². The first-order chi connectivity index (χ1) is 17.2. The normalized spacial score (nSPS) is 21.9. The number of carboxylic acid groups (broad SMARTS) is 1. The van der Waals surface area contributed by atoms with Gasteiger partial charge in [0.25, 0.3) is 5.91 Å². The van der Waals surface area contributed by atoms with E-state index in [1.54, 1.807) is 0 Å². The van der Waals surface area contributed by atoms with Gasteiger partial charge in [-0.3, -0.25) is 19.2 Å². The van der Waals surface area contributed by atoms with Crippen LogP contribution in [0, 0.1) is 11.3 Å². The van der Waals surface area contributed by atoms with Crippen LogP contribution in [0.5, 0.6) is 0 Å². The van der Waals surface area contributed by atoms with Crippen molar-refractivity contribution in [2.24, 2.45) is 11.3 Å². The summed E-state index contributed by atoms with van der Waals surface area (Å²) in [5.41, 5.74) is -1.10. The van der Waals surface area contributed by atoms with Gasteiger partial charge in [0.1, 0.15) is 12.1 Å². The van der Waals surface area contributed by atoms with Crippen molar-refractivity contribution in [3.63, 3.8) is 0 Å². The molecule has 0 bridgehead atoms. The van der Waals surface area contributed by atoms with Crippen molar-refractivity contribution >= 4 is 29.6 Å². The highest BCUT2D eigenvalue weighted by Crippen LogP contribution is 2.38. The fourth-order valence-corrected chi connectivity index (χ4v) is 4.08. The van der Waals surface area contributed by atoms with E-state index in [1.807, 2.05) is 5.32 Å². The molecule has 0 aromatic rings. The maximum atomic E-state index is 13.6. The number of carbonyl (C=O) groups excluding carboxylic acids is 4. The van der Waals surface area contributed by atoms with Gasteiger partial charge in [-0.25, -0.2) is 13.6 Å². The van der Waals surface area contributed by atoms with Crippen LogP contribution < -0.4 is 16.0 Å². The smallest absolute Gasteiger partial charge is 0.405 e. The fraction of sp³-hybridized carbons (Fsp3) is 0.783. The van der Waals surface area contributed by atoms with Crippen LogP contribution in [0.15, 0.2) is 0 Å². The van der Waals surface area contributed by atoms with Gasteiger partial charge < -0.3 is 26.0 Å². The summed E-state index contributed by atoms with van der Waals surface area (Å²) in [7, 11) is 0. The molecule has 1 aliphatic heterocycles. The van der Waals surface area contributed by atoms with Gasteiger partial charge in [-0.05, 0) is 38.0 Å². The molecule has 0 unspecified atom stereocenters. The molecule has 15 heteroatoms. The molecule has 1 heterocycles. The van der Waals surface area contributed by atoms with E-state index in [1.165, 1.54) is 20.8 Å². The summed E-state index contributed by atoms with van der Waals surface area (Å²) in [6.07, 6.45) is -7.69. The minimum Gasteiger partial charge on any atom is -0.465 e. The Morgan fingerprint density at radius 1 is 0.974 bits per heavy atom. The molecule has 2 aliphatic rings. The quantitative estimate of drug-likeness (QED) is 0.240. The second-order valence-corrected chi connectivity index (χ2v) is 11.0. The number of nitrogens with one attached hydrogen (secondary N) is 3. The summed E-state index contributed by atoms with van der Waals surface area (Å²) in [6, 6.07) is -5.35. The number of carbonyl (C=O) groups is 5. The van der Waals surface area contributed by atoms with Crippen LogP contribution in [-0.4, -0.2) is 82.4 Å². The Labute approximate surface area is 216 Å². The molecule has 0 aromatic heterocycles. The molecule has 0 aromatic carbocycles. The number of halogens is 5. The lowest BCUT2D eigenvalue weighted by atomic mass is 9.85. The molecule has 1 saturated heterocycles. The first kappa shape index (κ1) is 31.2. The monoisotopic (exact) mass is 556 g/mol. The second-order valence-electron chi connectivity index (χ2n) is 11.0. The van der Waals surface area contributed by atoms with Crippen LogP contribution in [-0.2, 0) is 19.2 Å². The molecule has 0 radical (unpaired) electrons. The number of hydrogen-bond acceptors (Lipinski definition) is 5. The summed E-state index contributed by atoms with van der Waals surface area (Å²) in [4.78, 5) is 63.1. The predicted octanol–water partition coefficient (Wildman–Crippen LogP) is 2.22. The number of ketones is 1. The molecular formula is C23H33F5N4O6. The van der Waals surface area contributed by atoms with Crippen molar-refractivity contribution in [3.8, 4) is 0 Å². The highest BCUT2D eigenvalue weighted by atomic mass is 19.4. The summed E-state index contributed by atoms with van der Waals surface area (Å²) in [6.45, 7) is 4.01. The first-order valence-corrected chi connectivity index (χ1v) is 12.1. The first-order valence-electron chi connectivity index (χ1n) is 12.1.